The summed E-state index contributed by atoms with van der Waals surface area (Å²) in [6.07, 6.45) is 0. The Morgan fingerprint density at radius 2 is 1.39 bits per heavy atom. The van der Waals surface area contributed by atoms with Crippen molar-refractivity contribution < 1.29 is 26.3 Å². The van der Waals surface area contributed by atoms with Gasteiger partial charge in [0.1, 0.15) is 0 Å². The number of hydrogen-bond donors (Lipinski definition) is 0. The maximum atomic E-state index is 12.4. The molecule has 0 amide bonds. The number of hydrogen-bond acceptors (Lipinski definition) is 3. The molecule has 0 saturated carbocycles. The topological polar surface area (TPSA) is 0 Å². The second kappa shape index (κ2) is 6.88. The molecule has 0 aromatic carbocycles. The van der Waals surface area contributed by atoms with Gasteiger partial charge >= 0.3 is 11.0 Å². The molecule has 0 aliphatic carbocycles. The summed E-state index contributed by atoms with van der Waals surface area (Å²) in [6.45, 7) is 4.81. The van der Waals surface area contributed by atoms with Gasteiger partial charge in [-0.2, -0.15) is 38.1 Å². The molecule has 9 heteroatoms. The van der Waals surface area contributed by atoms with Crippen molar-refractivity contribution in [1.29, 1.82) is 0 Å². The smallest absolute Gasteiger partial charge is 0.160 e. The van der Waals surface area contributed by atoms with E-state index in [9.17, 15) is 26.3 Å². The normalized spacial score (nSPS) is 17.0. The molecular formula is C9H14F6S3. The average molecular weight is 332 g/mol. The van der Waals surface area contributed by atoms with E-state index in [1.807, 2.05) is 0 Å². The fraction of sp³-hybridized carbons (Fsp3) is 1.00. The summed E-state index contributed by atoms with van der Waals surface area (Å²) in [5, 5.41) is 0.0778. The maximum Gasteiger partial charge on any atom is 0.442 e. The first kappa shape index (κ1) is 18.6. The second-order valence-electron chi connectivity index (χ2n) is 4.09. The van der Waals surface area contributed by atoms with Crippen LogP contribution in [0.5, 0.6) is 0 Å². The van der Waals surface area contributed by atoms with Gasteiger partial charge in [-0.3, -0.25) is 0 Å². The van der Waals surface area contributed by atoms with E-state index in [0.29, 0.717) is 0 Å². The summed E-state index contributed by atoms with van der Waals surface area (Å²) < 4.78 is 71.8. The van der Waals surface area contributed by atoms with Crippen LogP contribution in [0, 0.1) is 0 Å². The Kier molecular flexibility index (Phi) is 7.12. The molecule has 110 valence electrons. The summed E-state index contributed by atoms with van der Waals surface area (Å²) in [5.74, 6) is -0.585. The lowest BCUT2D eigenvalue weighted by molar-refractivity contribution is -0.0356. The fourth-order valence-electron chi connectivity index (χ4n) is 0.957. The Bertz CT molecular complexity index is 250. The SMILES string of the molecule is CC(C)SCC(C)(CSC(F)(F)F)SC(F)(F)F. The Hall–Kier alpha value is 0.630. The first-order chi connectivity index (χ1) is 7.83. The zero-order chi connectivity index (χ0) is 14.6. The van der Waals surface area contributed by atoms with E-state index >= 15 is 0 Å². The largest absolute Gasteiger partial charge is 0.442 e. The summed E-state index contributed by atoms with van der Waals surface area (Å²) in [7, 11) is 0. The van der Waals surface area contributed by atoms with E-state index in [0.717, 1.165) is 0 Å². The van der Waals surface area contributed by atoms with Gasteiger partial charge in [0.2, 0.25) is 0 Å². The van der Waals surface area contributed by atoms with Gasteiger partial charge in [-0.25, -0.2) is 0 Å². The highest BCUT2D eigenvalue weighted by Crippen LogP contribution is 2.46. The number of halogens is 6. The molecular weight excluding hydrogens is 318 g/mol. The van der Waals surface area contributed by atoms with E-state index in [1.165, 1.54) is 18.7 Å². The van der Waals surface area contributed by atoms with Crippen LogP contribution in [0.25, 0.3) is 0 Å². The van der Waals surface area contributed by atoms with E-state index in [2.05, 4.69) is 0 Å². The molecule has 1 atom stereocenters. The molecule has 0 aromatic heterocycles. The maximum absolute atomic E-state index is 12.4. The van der Waals surface area contributed by atoms with Gasteiger partial charge in [0.05, 0.1) is 0 Å². The van der Waals surface area contributed by atoms with E-state index in [1.54, 1.807) is 13.8 Å². The lowest BCUT2D eigenvalue weighted by atomic mass is 10.2. The molecule has 0 saturated heterocycles. The number of thioether (sulfide) groups is 3. The fourth-order valence-corrected chi connectivity index (χ4v) is 3.86. The minimum Gasteiger partial charge on any atom is -0.160 e. The molecule has 0 bridgehead atoms. The lowest BCUT2D eigenvalue weighted by Crippen LogP contribution is -2.32. The monoisotopic (exact) mass is 332 g/mol. The van der Waals surface area contributed by atoms with Gasteiger partial charge in [-0.15, -0.1) is 0 Å². The van der Waals surface area contributed by atoms with Crippen molar-refractivity contribution in [2.75, 3.05) is 11.5 Å². The Balaban J connectivity index is 4.59. The van der Waals surface area contributed by atoms with Crippen LogP contribution in [0.1, 0.15) is 20.8 Å². The van der Waals surface area contributed by atoms with E-state index in [-0.39, 0.29) is 22.8 Å². The zero-order valence-electron chi connectivity index (χ0n) is 9.98. The van der Waals surface area contributed by atoms with Gasteiger partial charge in [0, 0.05) is 16.3 Å². The van der Waals surface area contributed by atoms with Crippen LogP contribution in [0.2, 0.25) is 0 Å². The molecule has 0 radical (unpaired) electrons. The van der Waals surface area contributed by atoms with Crippen LogP contribution in [0.15, 0.2) is 0 Å². The Morgan fingerprint density at radius 1 is 0.889 bits per heavy atom. The van der Waals surface area contributed by atoms with Gasteiger partial charge in [-0.1, -0.05) is 13.8 Å². The van der Waals surface area contributed by atoms with Crippen molar-refractivity contribution >= 4 is 35.3 Å². The molecule has 0 N–H and O–H groups in total. The molecule has 0 nitrogen and oxygen atoms in total. The minimum absolute atomic E-state index is 0.0257. The van der Waals surface area contributed by atoms with Crippen molar-refractivity contribution in [2.24, 2.45) is 0 Å². The molecule has 0 heterocycles. The third kappa shape index (κ3) is 10.5. The van der Waals surface area contributed by atoms with Crippen molar-refractivity contribution in [3.05, 3.63) is 0 Å². The van der Waals surface area contributed by atoms with Crippen LogP contribution in [0.3, 0.4) is 0 Å². The summed E-state index contributed by atoms with van der Waals surface area (Å²) in [6, 6.07) is 0. The Morgan fingerprint density at radius 3 is 1.72 bits per heavy atom. The first-order valence-corrected chi connectivity index (χ1v) is 7.77. The third-order valence-corrected chi connectivity index (χ3v) is 5.58. The molecule has 0 fully saturated rings. The third-order valence-electron chi connectivity index (χ3n) is 1.63. The van der Waals surface area contributed by atoms with Gasteiger partial charge in [-0.05, 0) is 35.7 Å². The van der Waals surface area contributed by atoms with E-state index < -0.39 is 33.3 Å². The molecule has 0 aliphatic rings. The van der Waals surface area contributed by atoms with Crippen LogP contribution in [-0.4, -0.2) is 32.5 Å². The molecule has 1 unspecified atom stereocenters. The van der Waals surface area contributed by atoms with Crippen molar-refractivity contribution in [1.82, 2.24) is 0 Å². The van der Waals surface area contributed by atoms with Crippen molar-refractivity contribution in [3.63, 3.8) is 0 Å². The van der Waals surface area contributed by atoms with Gasteiger partial charge in [0.15, 0.2) is 0 Å². The van der Waals surface area contributed by atoms with Crippen LogP contribution in [-0.2, 0) is 0 Å². The quantitative estimate of drug-likeness (QED) is 0.598. The standard InChI is InChI=1S/C9H14F6S3/c1-6(2)16-4-7(3,18-9(13,14)15)5-17-8(10,11)12/h6H,4-5H2,1-3H3. The highest BCUT2D eigenvalue weighted by Gasteiger charge is 2.43. The first-order valence-electron chi connectivity index (χ1n) is 4.92. The molecule has 0 rings (SSSR count). The van der Waals surface area contributed by atoms with Gasteiger partial charge < -0.3 is 0 Å². The van der Waals surface area contributed by atoms with E-state index in [4.69, 9.17) is 0 Å². The van der Waals surface area contributed by atoms with Crippen LogP contribution < -0.4 is 0 Å². The lowest BCUT2D eigenvalue weighted by Gasteiger charge is -2.30. The molecule has 0 spiro atoms. The molecule has 0 aliphatic heterocycles. The highest BCUT2D eigenvalue weighted by atomic mass is 32.2. The number of rotatable bonds is 6. The van der Waals surface area contributed by atoms with Gasteiger partial charge in [0.25, 0.3) is 0 Å². The summed E-state index contributed by atoms with van der Waals surface area (Å²) in [5.41, 5.74) is -9.03. The molecule has 0 aromatic rings. The second-order valence-corrected chi connectivity index (χ2v) is 8.35. The zero-order valence-corrected chi connectivity index (χ0v) is 12.4. The summed E-state index contributed by atoms with van der Waals surface area (Å²) >= 11 is 0.472. The van der Waals surface area contributed by atoms with Crippen molar-refractivity contribution in [2.45, 2.75) is 41.8 Å². The predicted molar refractivity (Wildman–Crippen MR) is 68.2 cm³/mol. The van der Waals surface area contributed by atoms with Crippen LogP contribution in [0.4, 0.5) is 26.3 Å². The summed E-state index contributed by atoms with van der Waals surface area (Å²) in [4.78, 5) is 0. The molecule has 18 heavy (non-hydrogen) atoms. The minimum atomic E-state index is -4.53. The van der Waals surface area contributed by atoms with Crippen LogP contribution >= 0.6 is 35.3 Å². The average Bonchev–Trinajstić information content (AvgIpc) is 2.08. The van der Waals surface area contributed by atoms with Crippen molar-refractivity contribution in [3.8, 4) is 0 Å². The Labute approximate surface area is 115 Å². The highest BCUT2D eigenvalue weighted by molar-refractivity contribution is 8.06. The number of alkyl halides is 6. The predicted octanol–water partition coefficient (Wildman–Crippen LogP) is 5.39.